The third kappa shape index (κ3) is 4.39. The fourth-order valence-electron chi connectivity index (χ4n) is 9.89. The SMILES string of the molecule is CC1(C)C2=CC=C(c3c4ccccc4c(C4=CC=C(c5ccccc5)CC4)c4ccccc34)CC2c2cc3cc4c(cc3cc21)sc1ccccc14. The molecule has 3 aliphatic carbocycles. The Morgan fingerprint density at radius 2 is 1.08 bits per heavy atom. The monoisotopic (exact) mass is 682 g/mol. The van der Waals surface area contributed by atoms with E-state index in [-0.39, 0.29) is 5.41 Å². The van der Waals surface area contributed by atoms with E-state index in [4.69, 9.17) is 0 Å². The zero-order valence-corrected chi connectivity index (χ0v) is 30.4. The van der Waals surface area contributed by atoms with Crippen molar-refractivity contribution in [2.45, 2.75) is 44.4 Å². The molecule has 0 saturated carbocycles. The Bertz CT molecular complexity index is 2880. The van der Waals surface area contributed by atoms with Crippen molar-refractivity contribution in [3.63, 3.8) is 0 Å². The number of allylic oxidation sites excluding steroid dienone is 8. The fraction of sp³-hybridized carbons (Fsp3) is 0.137. The fourth-order valence-corrected chi connectivity index (χ4v) is 11.0. The van der Waals surface area contributed by atoms with E-state index < -0.39 is 0 Å². The lowest BCUT2D eigenvalue weighted by atomic mass is 9.75. The van der Waals surface area contributed by atoms with E-state index in [1.54, 1.807) is 5.57 Å². The largest absolute Gasteiger partial charge is 0.135 e. The van der Waals surface area contributed by atoms with Crippen molar-refractivity contribution in [1.29, 1.82) is 0 Å². The van der Waals surface area contributed by atoms with E-state index in [1.807, 2.05) is 11.3 Å². The van der Waals surface area contributed by atoms with Crippen LogP contribution in [-0.2, 0) is 5.41 Å². The molecular formula is C51H38S. The van der Waals surface area contributed by atoms with Gasteiger partial charge in [-0.3, -0.25) is 0 Å². The van der Waals surface area contributed by atoms with Gasteiger partial charge in [-0.2, -0.15) is 0 Å². The van der Waals surface area contributed by atoms with Crippen molar-refractivity contribution >= 4 is 80.5 Å². The van der Waals surface area contributed by atoms with Crippen molar-refractivity contribution < 1.29 is 0 Å². The van der Waals surface area contributed by atoms with Crippen molar-refractivity contribution in [3.05, 3.63) is 185 Å². The van der Waals surface area contributed by atoms with Gasteiger partial charge in [-0.15, -0.1) is 11.3 Å². The Hall–Kier alpha value is -5.50. The topological polar surface area (TPSA) is 0 Å². The second kappa shape index (κ2) is 11.2. The van der Waals surface area contributed by atoms with Gasteiger partial charge in [0.05, 0.1) is 0 Å². The molecule has 1 aromatic heterocycles. The first-order valence-electron chi connectivity index (χ1n) is 18.7. The molecule has 0 saturated heterocycles. The van der Waals surface area contributed by atoms with Crippen LogP contribution >= 0.6 is 11.3 Å². The normalized spacial score (nSPS) is 18.0. The van der Waals surface area contributed by atoms with Crippen LogP contribution in [0.1, 0.15) is 66.8 Å². The Balaban J connectivity index is 1.06. The zero-order chi connectivity index (χ0) is 34.6. The summed E-state index contributed by atoms with van der Waals surface area (Å²) >= 11 is 1.91. The maximum absolute atomic E-state index is 2.54. The summed E-state index contributed by atoms with van der Waals surface area (Å²) in [7, 11) is 0. The van der Waals surface area contributed by atoms with E-state index in [2.05, 4.69) is 166 Å². The number of fused-ring (bicyclic) bond motifs is 9. The molecule has 0 radical (unpaired) electrons. The molecule has 1 heteroatoms. The van der Waals surface area contributed by atoms with Gasteiger partial charge in [0.1, 0.15) is 0 Å². The van der Waals surface area contributed by atoms with Gasteiger partial charge in [0, 0.05) is 31.5 Å². The van der Waals surface area contributed by atoms with Gasteiger partial charge in [0.2, 0.25) is 0 Å². The Labute approximate surface area is 308 Å². The quantitative estimate of drug-likeness (QED) is 0.163. The predicted octanol–water partition coefficient (Wildman–Crippen LogP) is 14.6. The van der Waals surface area contributed by atoms with Crippen LogP contribution in [0.4, 0.5) is 0 Å². The van der Waals surface area contributed by atoms with E-state index in [1.165, 1.54) is 97.0 Å². The second-order valence-electron chi connectivity index (χ2n) is 15.5. The molecule has 0 fully saturated rings. The number of benzene rings is 7. The zero-order valence-electron chi connectivity index (χ0n) is 29.5. The van der Waals surface area contributed by atoms with Crippen molar-refractivity contribution in [2.75, 3.05) is 0 Å². The van der Waals surface area contributed by atoms with E-state index >= 15 is 0 Å². The van der Waals surface area contributed by atoms with Crippen LogP contribution in [0.2, 0.25) is 0 Å². The highest BCUT2D eigenvalue weighted by atomic mass is 32.1. The van der Waals surface area contributed by atoms with Gasteiger partial charge in [0.25, 0.3) is 0 Å². The minimum absolute atomic E-state index is 0.0150. The minimum Gasteiger partial charge on any atom is -0.135 e. The Kier molecular flexibility index (Phi) is 6.52. The first kappa shape index (κ1) is 30.2. The summed E-state index contributed by atoms with van der Waals surface area (Å²) in [6.45, 7) is 4.88. The molecule has 3 aliphatic rings. The third-order valence-corrected chi connectivity index (χ3v) is 13.5. The standard InChI is InChI=1S/C51H38S/c1-51(2)45-25-24-34(26-42(45)43-27-35-28-44-37-14-10-11-19-47(37)52-48(44)30-36(35)29-46(43)51)50-40-17-8-6-15-38(40)49(39-16-7-9-18-41(39)50)33-22-20-32(21-23-33)31-12-4-3-5-13-31/h3-20,22,24-25,27-30,42H,21,23,26H2,1-2H3. The van der Waals surface area contributed by atoms with Gasteiger partial charge in [0.15, 0.2) is 0 Å². The van der Waals surface area contributed by atoms with E-state index in [9.17, 15) is 0 Å². The van der Waals surface area contributed by atoms with Crippen LogP contribution in [0.25, 0.3) is 69.2 Å². The molecule has 0 aliphatic heterocycles. The smallest absolute Gasteiger partial charge is 0.0361 e. The van der Waals surface area contributed by atoms with Gasteiger partial charge < -0.3 is 0 Å². The number of hydrogen-bond donors (Lipinski definition) is 0. The predicted molar refractivity (Wildman–Crippen MR) is 226 cm³/mol. The summed E-state index contributed by atoms with van der Waals surface area (Å²) in [5.41, 5.74) is 13.0. The molecular weight excluding hydrogens is 645 g/mol. The molecule has 1 unspecified atom stereocenters. The van der Waals surface area contributed by atoms with Crippen LogP contribution in [0.15, 0.2) is 157 Å². The van der Waals surface area contributed by atoms with Crippen molar-refractivity contribution in [1.82, 2.24) is 0 Å². The van der Waals surface area contributed by atoms with Crippen molar-refractivity contribution in [3.8, 4) is 0 Å². The van der Waals surface area contributed by atoms with E-state index in [0.717, 1.165) is 19.3 Å². The summed E-state index contributed by atoms with van der Waals surface area (Å²) in [6, 6.07) is 48.0. The molecule has 1 heterocycles. The molecule has 0 amide bonds. The first-order chi connectivity index (χ1) is 25.5. The molecule has 0 N–H and O–H groups in total. The molecule has 1 atom stereocenters. The lowest BCUT2D eigenvalue weighted by Crippen LogP contribution is -2.17. The number of hydrogen-bond acceptors (Lipinski definition) is 1. The number of rotatable bonds is 3. The lowest BCUT2D eigenvalue weighted by Gasteiger charge is -2.29. The highest BCUT2D eigenvalue weighted by Crippen LogP contribution is 2.57. The van der Waals surface area contributed by atoms with Gasteiger partial charge in [-0.25, -0.2) is 0 Å². The van der Waals surface area contributed by atoms with Crippen molar-refractivity contribution in [2.24, 2.45) is 0 Å². The van der Waals surface area contributed by atoms with Gasteiger partial charge >= 0.3 is 0 Å². The molecule has 0 bridgehead atoms. The summed E-state index contributed by atoms with van der Waals surface area (Å²) < 4.78 is 2.75. The summed E-state index contributed by atoms with van der Waals surface area (Å²) in [4.78, 5) is 0. The van der Waals surface area contributed by atoms with Gasteiger partial charge in [-0.1, -0.05) is 147 Å². The molecule has 7 aromatic carbocycles. The van der Waals surface area contributed by atoms with Crippen LogP contribution < -0.4 is 0 Å². The summed E-state index contributed by atoms with van der Waals surface area (Å²) in [5, 5.41) is 10.9. The summed E-state index contributed by atoms with van der Waals surface area (Å²) in [5.74, 6) is 0.365. The molecule has 8 aromatic rings. The number of thiophene rings is 1. The first-order valence-corrected chi connectivity index (χ1v) is 19.5. The van der Waals surface area contributed by atoms with Crippen LogP contribution in [-0.4, -0.2) is 0 Å². The highest BCUT2D eigenvalue weighted by Gasteiger charge is 2.43. The average Bonchev–Trinajstić information content (AvgIpc) is 3.65. The lowest BCUT2D eigenvalue weighted by molar-refractivity contribution is 0.615. The van der Waals surface area contributed by atoms with Crippen LogP contribution in [0.3, 0.4) is 0 Å². The summed E-state index contributed by atoms with van der Waals surface area (Å²) in [6.07, 6.45) is 12.8. The Morgan fingerprint density at radius 1 is 0.500 bits per heavy atom. The average molecular weight is 683 g/mol. The van der Waals surface area contributed by atoms with Crippen LogP contribution in [0, 0.1) is 0 Å². The maximum atomic E-state index is 2.54. The second-order valence-corrected chi connectivity index (χ2v) is 16.6. The molecule has 52 heavy (non-hydrogen) atoms. The highest BCUT2D eigenvalue weighted by molar-refractivity contribution is 7.25. The maximum Gasteiger partial charge on any atom is 0.0361 e. The third-order valence-electron chi connectivity index (χ3n) is 12.4. The van der Waals surface area contributed by atoms with Crippen LogP contribution in [0.5, 0.6) is 0 Å². The minimum atomic E-state index is -0.0150. The molecule has 11 rings (SSSR count). The van der Waals surface area contributed by atoms with E-state index in [0.29, 0.717) is 5.92 Å². The Morgan fingerprint density at radius 3 is 1.77 bits per heavy atom. The molecule has 0 nitrogen and oxygen atoms in total. The molecule has 248 valence electrons. The van der Waals surface area contributed by atoms with Gasteiger partial charge in [-0.05, 0) is 120 Å². The molecule has 0 spiro atoms.